The lowest BCUT2D eigenvalue weighted by Gasteiger charge is -2.07. The van der Waals surface area contributed by atoms with Gasteiger partial charge in [-0.2, -0.15) is 0 Å². The molecule has 2 heterocycles. The smallest absolute Gasteiger partial charge is 0.257 e. The van der Waals surface area contributed by atoms with Gasteiger partial charge in [-0.3, -0.25) is 15.1 Å². The molecule has 1 N–H and O–H groups in total. The molecule has 0 saturated carbocycles. The van der Waals surface area contributed by atoms with Crippen LogP contribution in [0.3, 0.4) is 0 Å². The number of unbranched alkanes of at least 4 members (excludes halogenated alkanes) is 1. The number of thiazole rings is 1. The molecule has 25 heavy (non-hydrogen) atoms. The number of rotatable bonds is 7. The Kier molecular flexibility index (Phi) is 5.74. The van der Waals surface area contributed by atoms with E-state index in [1.54, 1.807) is 18.3 Å². The fourth-order valence-corrected chi connectivity index (χ4v) is 2.89. The van der Waals surface area contributed by atoms with Crippen molar-refractivity contribution in [1.82, 2.24) is 9.97 Å². The number of hydrogen-bond donors (Lipinski definition) is 1. The van der Waals surface area contributed by atoms with E-state index in [1.165, 1.54) is 11.3 Å². The summed E-state index contributed by atoms with van der Waals surface area (Å²) >= 11 is 1.37. The normalized spacial score (nSPS) is 10.4. The van der Waals surface area contributed by atoms with Gasteiger partial charge in [0.15, 0.2) is 5.13 Å². The van der Waals surface area contributed by atoms with Gasteiger partial charge in [-0.15, -0.1) is 11.3 Å². The summed E-state index contributed by atoms with van der Waals surface area (Å²) in [6.45, 7) is 2.77. The molecular weight excluding hydrogens is 334 g/mol. The van der Waals surface area contributed by atoms with E-state index in [2.05, 4.69) is 22.2 Å². The Hall–Kier alpha value is -2.73. The van der Waals surface area contributed by atoms with E-state index < -0.39 is 0 Å². The number of carbonyl (C=O) groups excluding carboxylic acids is 1. The third-order valence-electron chi connectivity index (χ3n) is 3.51. The largest absolute Gasteiger partial charge is 0.494 e. The van der Waals surface area contributed by atoms with Gasteiger partial charge >= 0.3 is 0 Å². The second-order valence-corrected chi connectivity index (χ2v) is 6.29. The average Bonchev–Trinajstić information content (AvgIpc) is 3.11. The van der Waals surface area contributed by atoms with E-state index in [1.807, 2.05) is 35.7 Å². The molecule has 0 saturated heterocycles. The molecule has 5 nitrogen and oxygen atoms in total. The number of nitrogens with zero attached hydrogens (tertiary/aromatic N) is 2. The van der Waals surface area contributed by atoms with Crippen LogP contribution in [0.1, 0.15) is 30.1 Å². The van der Waals surface area contributed by atoms with Gasteiger partial charge in [-0.05, 0) is 36.8 Å². The molecule has 128 valence electrons. The molecule has 1 aromatic carbocycles. The summed E-state index contributed by atoms with van der Waals surface area (Å²) in [5.74, 6) is 0.497. The number of aromatic nitrogens is 2. The van der Waals surface area contributed by atoms with Crippen LogP contribution in [-0.2, 0) is 0 Å². The molecule has 3 aromatic rings. The Balaban J connectivity index is 1.66. The molecule has 0 fully saturated rings. The Bertz CT molecular complexity index is 833. The van der Waals surface area contributed by atoms with Crippen molar-refractivity contribution in [3.05, 3.63) is 59.6 Å². The minimum atomic E-state index is -0.206. The first-order chi connectivity index (χ1) is 12.3. The molecule has 0 spiro atoms. The highest BCUT2D eigenvalue weighted by atomic mass is 32.1. The van der Waals surface area contributed by atoms with Gasteiger partial charge in [0.1, 0.15) is 11.4 Å². The molecule has 0 atom stereocenters. The number of ether oxygens (including phenoxy) is 1. The SMILES string of the molecule is CCCCOc1cccc(C(=O)Nc2nc(-c3ccccn3)cs2)c1. The molecular formula is C19H19N3O2S. The summed E-state index contributed by atoms with van der Waals surface area (Å²) in [5, 5.41) is 5.25. The molecule has 0 aliphatic carbocycles. The van der Waals surface area contributed by atoms with Crippen molar-refractivity contribution in [2.24, 2.45) is 0 Å². The van der Waals surface area contributed by atoms with Crippen molar-refractivity contribution in [2.75, 3.05) is 11.9 Å². The Morgan fingerprint density at radius 1 is 1.20 bits per heavy atom. The van der Waals surface area contributed by atoms with E-state index >= 15 is 0 Å². The first kappa shape index (κ1) is 17.1. The van der Waals surface area contributed by atoms with Crippen LogP contribution < -0.4 is 10.1 Å². The number of pyridine rings is 1. The molecule has 3 rings (SSSR count). The van der Waals surface area contributed by atoms with Gasteiger partial charge in [0, 0.05) is 17.1 Å². The highest BCUT2D eigenvalue weighted by molar-refractivity contribution is 7.14. The summed E-state index contributed by atoms with van der Waals surface area (Å²) < 4.78 is 5.65. The minimum Gasteiger partial charge on any atom is -0.494 e. The molecule has 0 aliphatic rings. The van der Waals surface area contributed by atoms with Crippen molar-refractivity contribution in [3.63, 3.8) is 0 Å². The Labute approximate surface area is 150 Å². The fraction of sp³-hybridized carbons (Fsp3) is 0.211. The predicted molar refractivity (Wildman–Crippen MR) is 100 cm³/mol. The van der Waals surface area contributed by atoms with Crippen molar-refractivity contribution in [2.45, 2.75) is 19.8 Å². The average molecular weight is 353 g/mol. The van der Waals surface area contributed by atoms with Crippen molar-refractivity contribution >= 4 is 22.4 Å². The molecule has 2 aromatic heterocycles. The van der Waals surface area contributed by atoms with Crippen LogP contribution >= 0.6 is 11.3 Å². The zero-order valence-corrected chi connectivity index (χ0v) is 14.8. The van der Waals surface area contributed by atoms with Crippen LogP contribution in [-0.4, -0.2) is 22.5 Å². The number of nitrogens with one attached hydrogen (secondary N) is 1. The van der Waals surface area contributed by atoms with E-state index in [9.17, 15) is 4.79 Å². The molecule has 1 amide bonds. The van der Waals surface area contributed by atoms with E-state index in [0.29, 0.717) is 23.1 Å². The summed E-state index contributed by atoms with van der Waals surface area (Å²) in [7, 11) is 0. The maximum absolute atomic E-state index is 12.4. The monoisotopic (exact) mass is 353 g/mol. The molecule has 0 radical (unpaired) electrons. The van der Waals surface area contributed by atoms with E-state index in [-0.39, 0.29) is 5.91 Å². The molecule has 0 unspecified atom stereocenters. The number of hydrogen-bond acceptors (Lipinski definition) is 5. The Morgan fingerprint density at radius 2 is 2.12 bits per heavy atom. The molecule has 0 aliphatic heterocycles. The first-order valence-corrected chi connectivity index (χ1v) is 9.05. The lowest BCUT2D eigenvalue weighted by Crippen LogP contribution is -2.11. The highest BCUT2D eigenvalue weighted by Gasteiger charge is 2.11. The number of carbonyl (C=O) groups is 1. The second kappa shape index (κ2) is 8.39. The summed E-state index contributed by atoms with van der Waals surface area (Å²) in [6.07, 6.45) is 3.78. The van der Waals surface area contributed by atoms with Gasteiger partial charge < -0.3 is 4.74 Å². The van der Waals surface area contributed by atoms with Gasteiger partial charge in [0.25, 0.3) is 5.91 Å². The van der Waals surface area contributed by atoms with Crippen molar-refractivity contribution < 1.29 is 9.53 Å². The second-order valence-electron chi connectivity index (χ2n) is 5.44. The third-order valence-corrected chi connectivity index (χ3v) is 4.27. The van der Waals surface area contributed by atoms with Crippen LogP contribution in [0.25, 0.3) is 11.4 Å². The summed E-state index contributed by atoms with van der Waals surface area (Å²) in [6, 6.07) is 12.8. The first-order valence-electron chi connectivity index (χ1n) is 8.17. The van der Waals surface area contributed by atoms with Gasteiger partial charge in [-0.1, -0.05) is 25.5 Å². The van der Waals surface area contributed by atoms with Crippen molar-refractivity contribution in [1.29, 1.82) is 0 Å². The zero-order valence-electron chi connectivity index (χ0n) is 13.9. The maximum atomic E-state index is 12.4. The molecule has 6 heteroatoms. The van der Waals surface area contributed by atoms with Crippen molar-refractivity contribution in [3.8, 4) is 17.1 Å². The lowest BCUT2D eigenvalue weighted by molar-refractivity contribution is 0.102. The van der Waals surface area contributed by atoms with Crippen LogP contribution in [0.5, 0.6) is 5.75 Å². The van der Waals surface area contributed by atoms with E-state index in [4.69, 9.17) is 4.74 Å². The third kappa shape index (κ3) is 4.64. The highest BCUT2D eigenvalue weighted by Crippen LogP contribution is 2.24. The summed E-state index contributed by atoms with van der Waals surface area (Å²) in [5.41, 5.74) is 2.08. The van der Waals surface area contributed by atoms with Crippen LogP contribution in [0, 0.1) is 0 Å². The maximum Gasteiger partial charge on any atom is 0.257 e. The predicted octanol–water partition coefficient (Wildman–Crippen LogP) is 4.64. The van der Waals surface area contributed by atoms with Crippen LogP contribution in [0.4, 0.5) is 5.13 Å². The number of amides is 1. The van der Waals surface area contributed by atoms with E-state index in [0.717, 1.165) is 24.2 Å². The zero-order chi connectivity index (χ0) is 17.5. The standard InChI is InChI=1S/C19H19N3O2S/c1-2-3-11-24-15-8-6-7-14(12-15)18(23)22-19-21-17(13-25-19)16-9-4-5-10-20-16/h4-10,12-13H,2-3,11H2,1H3,(H,21,22,23). The van der Waals surface area contributed by atoms with Crippen LogP contribution in [0.15, 0.2) is 54.0 Å². The lowest BCUT2D eigenvalue weighted by atomic mass is 10.2. The van der Waals surface area contributed by atoms with Gasteiger partial charge in [0.2, 0.25) is 0 Å². The summed E-state index contributed by atoms with van der Waals surface area (Å²) in [4.78, 5) is 21.1. The van der Waals surface area contributed by atoms with Gasteiger partial charge in [-0.25, -0.2) is 4.98 Å². The number of anilines is 1. The quantitative estimate of drug-likeness (QED) is 0.629. The Morgan fingerprint density at radius 3 is 2.92 bits per heavy atom. The fourth-order valence-electron chi connectivity index (χ4n) is 2.19. The topological polar surface area (TPSA) is 64.1 Å². The minimum absolute atomic E-state index is 0.206. The number of benzene rings is 1. The molecule has 0 bridgehead atoms. The van der Waals surface area contributed by atoms with Crippen LogP contribution in [0.2, 0.25) is 0 Å². The van der Waals surface area contributed by atoms with Gasteiger partial charge in [0.05, 0.1) is 12.3 Å².